The van der Waals surface area contributed by atoms with Gasteiger partial charge in [-0.15, -0.1) is 5.06 Å². The van der Waals surface area contributed by atoms with Gasteiger partial charge in [-0.25, -0.2) is 4.79 Å². The zero-order valence-corrected chi connectivity index (χ0v) is 78.2. The molecule has 0 bridgehead atoms. The quantitative estimate of drug-likeness (QED) is 0.0199. The first-order valence-corrected chi connectivity index (χ1v) is 47.7. The Morgan fingerprint density at radius 2 is 0.521 bits per heavy atom. The first-order valence-electron chi connectivity index (χ1n) is 47.7. The number of carbonyl (C=O) groups excluding carboxylic acids is 6. The van der Waals surface area contributed by atoms with E-state index in [0.717, 1.165) is 0 Å². The Morgan fingerprint density at radius 3 is 0.810 bits per heavy atom. The van der Waals surface area contributed by atoms with Crippen LogP contribution in [0.1, 0.15) is 89.9 Å². The second kappa shape index (κ2) is 60.3. The van der Waals surface area contributed by atoms with Crippen molar-refractivity contribution >= 4 is 35.5 Å². The summed E-state index contributed by atoms with van der Waals surface area (Å²) in [5.41, 5.74) is 0. The number of hydrogen-bond donors (Lipinski definition) is 31. The van der Waals surface area contributed by atoms with Crippen LogP contribution in [0.4, 0.5) is 0 Å². The molecule has 40 atom stereocenters. The smallest absolute Gasteiger partial charge is 0.333 e. The number of aliphatic hydroxyl groups excluding tert-OH is 28. The van der Waals surface area contributed by atoms with Crippen LogP contribution in [0.15, 0.2) is 0 Å². The van der Waals surface area contributed by atoms with Gasteiger partial charge >= 0.3 is 5.97 Å². The van der Waals surface area contributed by atoms with Gasteiger partial charge in [0, 0.05) is 65.1 Å². The van der Waals surface area contributed by atoms with Crippen LogP contribution in [0.5, 0.6) is 0 Å². The highest BCUT2D eigenvalue weighted by Gasteiger charge is 2.56. The number of hydrogen-bond acceptors (Lipinski definition) is 54. The zero-order chi connectivity index (χ0) is 104. The molecule has 0 radical (unpaired) electrons. The largest absolute Gasteiger partial charge is 0.394 e. The lowest BCUT2D eigenvalue weighted by Crippen LogP contribution is -2.65. The molecule has 0 unspecified atom stereocenters. The van der Waals surface area contributed by atoms with Crippen molar-refractivity contribution in [3.8, 4) is 0 Å². The van der Waals surface area contributed by atoms with E-state index in [1.807, 2.05) is 0 Å². The van der Waals surface area contributed by atoms with E-state index in [-0.39, 0.29) is 111 Å². The summed E-state index contributed by atoms with van der Waals surface area (Å²) in [6, 6.07) is 0. The number of aliphatic hydroxyl groups is 28. The average molecular weight is 2070 g/mol. The van der Waals surface area contributed by atoms with Crippen LogP contribution in [0.2, 0.25) is 0 Å². The van der Waals surface area contributed by atoms with Crippen LogP contribution in [0.3, 0.4) is 0 Å². The van der Waals surface area contributed by atoms with E-state index in [1.54, 1.807) is 9.80 Å². The standard InChI is InChI=1S/C84H147N7O51/c92-31-39-53(104)61(112)67(118)77(132-39)126-24-20-88(22-26-128-81-73(124)75(140-83-71(122)65(116)57(108)43(35-96)136-83)59(110)45(138-81)37-130-79-69(120)63(114)55(106)41(33-94)134-79)18-10-3-1-7-15-85-47(98)28-90(30-49(100)87-17-9-5-6-12-52(103)142-91-50(101)13-14-51(91)102)29-48(99)86-16-8-2-4-11-19-89(21-25-127-78-68(119)62(113)54(105)40(32-93)133-78)23-27-129-82-74(125)76(141-84-72(123)66(117)58(109)44(36-97)137-84)60(111)46(139-82)38-131-80-70(121)64(115)56(107)42(34-95)135-80/h39-46,53-84,92-97,104-125H,1-38H2,(H,85,98)(H,86,99)(H,87,100)/t39-,40-,41-,42-,43-,44-,45-,46-,53-,54-,55-,56-,57-,58-,59-,60-,61+,62+,63+,64+,65+,66+,67-,68-,69+,70+,71+,72+,73+,74+,75+,76+,77-,78-,79+,80+,81+,82+,83-,84-/m1/s1. The molecule has 58 nitrogen and oxygen atoms in total. The van der Waals surface area contributed by atoms with E-state index in [2.05, 4.69) is 16.0 Å². The molecule has 9 saturated heterocycles. The van der Waals surface area contributed by atoms with Crippen molar-refractivity contribution in [2.24, 2.45) is 0 Å². The Morgan fingerprint density at radius 1 is 0.275 bits per heavy atom. The van der Waals surface area contributed by atoms with E-state index >= 15 is 0 Å². The molecule has 0 aromatic carbocycles. The highest BCUT2D eigenvalue weighted by Crippen LogP contribution is 2.36. The second-order valence-corrected chi connectivity index (χ2v) is 36.1. The molecule has 0 aromatic heterocycles. The summed E-state index contributed by atoms with van der Waals surface area (Å²) < 4.78 is 91.5. The molecule has 0 spiro atoms. The van der Waals surface area contributed by atoms with E-state index in [4.69, 9.17) is 80.6 Å². The van der Waals surface area contributed by atoms with Crippen molar-refractivity contribution in [1.82, 2.24) is 35.7 Å². The number of nitrogens with zero attached hydrogens (tertiary/aromatic N) is 4. The molecule has 9 rings (SSSR count). The van der Waals surface area contributed by atoms with Gasteiger partial charge in [-0.2, -0.15) is 0 Å². The van der Waals surface area contributed by atoms with Gasteiger partial charge in [0.05, 0.1) is 98.9 Å². The van der Waals surface area contributed by atoms with Gasteiger partial charge in [-0.05, 0) is 51.6 Å². The summed E-state index contributed by atoms with van der Waals surface area (Å²) in [6.45, 7) is -7.98. The first kappa shape index (κ1) is 121. The Kier molecular flexibility index (Phi) is 51.2. The fourth-order valence-electron chi connectivity index (χ4n) is 17.0. The lowest BCUT2D eigenvalue weighted by molar-refractivity contribution is -0.366. The maximum atomic E-state index is 13.7. The lowest BCUT2D eigenvalue weighted by Gasteiger charge is -2.46. The summed E-state index contributed by atoms with van der Waals surface area (Å²) in [7, 11) is 0. The van der Waals surface area contributed by atoms with Crippen molar-refractivity contribution in [1.29, 1.82) is 0 Å². The molecule has 58 heteroatoms. The van der Waals surface area contributed by atoms with E-state index < -0.39 is 354 Å². The number of ether oxygens (including phenoxy) is 16. The predicted molar refractivity (Wildman–Crippen MR) is 460 cm³/mol. The van der Waals surface area contributed by atoms with Crippen molar-refractivity contribution in [3.05, 3.63) is 0 Å². The van der Waals surface area contributed by atoms with Gasteiger partial charge in [0.15, 0.2) is 50.3 Å². The number of hydroxylamine groups is 2. The molecule has 9 heterocycles. The number of amides is 5. The van der Waals surface area contributed by atoms with Crippen molar-refractivity contribution < 1.29 is 252 Å². The van der Waals surface area contributed by atoms with Crippen LogP contribution in [0, 0.1) is 0 Å². The molecule has 0 saturated carbocycles. The van der Waals surface area contributed by atoms with Gasteiger partial charge in [0.1, 0.15) is 195 Å². The maximum absolute atomic E-state index is 13.7. The summed E-state index contributed by atoms with van der Waals surface area (Å²) in [6.07, 6.45) is -66.1. The Labute approximate surface area is 814 Å². The molecule has 9 fully saturated rings. The molecule has 31 N–H and O–H groups in total. The number of carbonyl (C=O) groups is 6. The third-order valence-electron chi connectivity index (χ3n) is 25.7. The SMILES string of the molecule is O=C(CN(CC(=O)NCCCCCCN(CCO[C@H]1O[C@H](CO[C@H]2O[C@H](CO)[C@@H](O)[C@H](O)[C@@H]2O)[C@@H](O)[C@H](O[C@H]2O[C@H](CO)[C@@H](O)[C@H](O)[C@@H]2O)[C@@H]1O)CCO[C@@H]1O[C@H](CO)[C@@H](O)[C@H](O)[C@H]1O)CC(=O)NCCCCCC(=O)ON1C(=O)CCC1=O)NCCCCCCN(CCO[C@H]1O[C@H](CO[C@H]2O[C@H](CO)[C@@H](O)[C@H](O)[C@@H]2O)[C@@H](O)[C@H](O[C@H]2O[C@H](CO)[C@@H](O)[C@H](O)[C@@H]2O)[C@@H]1O)CCO[C@@H]1O[C@H](CO)[C@@H](O)[C@H](O)[C@H]1O. The van der Waals surface area contributed by atoms with Crippen LogP contribution in [-0.4, -0.2) is 602 Å². The van der Waals surface area contributed by atoms with Crippen molar-refractivity contribution in [2.45, 2.75) is 336 Å². The van der Waals surface area contributed by atoms with Crippen LogP contribution >= 0.6 is 0 Å². The molecule has 0 aromatic rings. The summed E-state index contributed by atoms with van der Waals surface area (Å²) >= 11 is 0. The van der Waals surface area contributed by atoms with Crippen molar-refractivity contribution in [2.75, 3.05) is 158 Å². The fraction of sp³-hybridized carbons (Fsp3) is 0.929. The Balaban J connectivity index is 0.789. The van der Waals surface area contributed by atoms with Gasteiger partial charge in [0.25, 0.3) is 11.8 Å². The minimum atomic E-state index is -2.03. The fourth-order valence-corrected chi connectivity index (χ4v) is 17.0. The number of rotatable bonds is 59. The van der Waals surface area contributed by atoms with Crippen LogP contribution < -0.4 is 16.0 Å². The van der Waals surface area contributed by atoms with Crippen LogP contribution in [-0.2, 0) is 109 Å². The van der Waals surface area contributed by atoms with E-state index in [1.165, 1.54) is 4.90 Å². The predicted octanol–water partition coefficient (Wildman–Crippen LogP) is -18.9. The van der Waals surface area contributed by atoms with Gasteiger partial charge in [0.2, 0.25) is 17.7 Å². The minimum Gasteiger partial charge on any atom is -0.394 e. The number of imide groups is 1. The monoisotopic (exact) mass is 2070 g/mol. The lowest BCUT2D eigenvalue weighted by atomic mass is 9.96. The molecular formula is C84H147N7O51. The highest BCUT2D eigenvalue weighted by atomic mass is 16.8. The molecule has 9 aliphatic rings. The third kappa shape index (κ3) is 34.1. The molecular weight excluding hydrogens is 1920 g/mol. The van der Waals surface area contributed by atoms with Crippen LogP contribution in [0.25, 0.3) is 0 Å². The second-order valence-electron chi connectivity index (χ2n) is 36.1. The molecule has 5 amide bonds. The van der Waals surface area contributed by atoms with Gasteiger partial charge in [-0.1, -0.05) is 32.1 Å². The Hall–Kier alpha value is -4.86. The normalized spacial score (nSPS) is 38.6. The summed E-state index contributed by atoms with van der Waals surface area (Å²) in [4.78, 5) is 87.1. The molecule has 9 aliphatic heterocycles. The van der Waals surface area contributed by atoms with Gasteiger partial charge < -0.3 is 240 Å². The third-order valence-corrected chi connectivity index (χ3v) is 25.7. The van der Waals surface area contributed by atoms with Crippen molar-refractivity contribution in [3.63, 3.8) is 0 Å². The average Bonchev–Trinajstić information content (AvgIpc) is 0.912. The highest BCUT2D eigenvalue weighted by molar-refractivity contribution is 6.01. The topological polar surface area (TPSA) is 875 Å². The first-order chi connectivity index (χ1) is 67.8. The minimum absolute atomic E-state index is 0.0190. The number of unbranched alkanes of at least 4 members (excludes halogenated alkanes) is 8. The summed E-state index contributed by atoms with van der Waals surface area (Å²) in [5, 5.41) is 305. The Bertz CT molecular complexity index is 3460. The van der Waals surface area contributed by atoms with Gasteiger partial charge in [-0.3, -0.25) is 38.7 Å². The maximum Gasteiger partial charge on any atom is 0.333 e. The molecule has 142 heavy (non-hydrogen) atoms. The van der Waals surface area contributed by atoms with E-state index in [9.17, 15) is 172 Å². The summed E-state index contributed by atoms with van der Waals surface area (Å²) in [5.74, 6) is -3.81. The molecule has 0 aliphatic carbocycles. The number of nitrogens with one attached hydrogen (secondary N) is 3. The van der Waals surface area contributed by atoms with E-state index in [0.29, 0.717) is 69.3 Å². The zero-order valence-electron chi connectivity index (χ0n) is 78.2. The molecule has 824 valence electrons.